The summed E-state index contributed by atoms with van der Waals surface area (Å²) in [5.74, 6) is 0. The molecule has 1 unspecified atom stereocenters. The van der Waals surface area contributed by atoms with Crippen LogP contribution in [0.2, 0.25) is 0 Å². The van der Waals surface area contributed by atoms with Crippen LogP contribution in [0.4, 0.5) is 0 Å². The Balaban J connectivity index is 1.84. The van der Waals surface area contributed by atoms with Gasteiger partial charge in [-0.1, -0.05) is 0 Å². The molecule has 1 saturated carbocycles. The highest BCUT2D eigenvalue weighted by atomic mass is 32.1. The van der Waals surface area contributed by atoms with Crippen molar-refractivity contribution in [3.8, 4) is 0 Å². The molecule has 0 saturated heterocycles. The normalized spacial score (nSPS) is 18.9. The number of nitrogens with one attached hydrogen (secondary N) is 1. The lowest BCUT2D eigenvalue weighted by atomic mass is 10.3. The minimum Gasteiger partial charge on any atom is -0.385 e. The van der Waals surface area contributed by atoms with E-state index in [1.807, 2.05) is 12.3 Å². The van der Waals surface area contributed by atoms with Crippen LogP contribution in [0, 0.1) is 6.92 Å². The van der Waals surface area contributed by atoms with Crippen LogP contribution in [0.25, 0.3) is 0 Å². The first-order valence-electron chi connectivity index (χ1n) is 4.59. The van der Waals surface area contributed by atoms with Crippen LogP contribution >= 0.6 is 11.3 Å². The molecule has 0 bridgehead atoms. The largest absolute Gasteiger partial charge is 0.385 e. The lowest BCUT2D eigenvalue weighted by molar-refractivity contribution is 0.170. The van der Waals surface area contributed by atoms with Gasteiger partial charge in [-0.3, -0.25) is 0 Å². The second-order valence-electron chi connectivity index (χ2n) is 3.49. The third-order valence-corrected chi connectivity index (χ3v) is 2.95. The number of nitrogens with zero attached hydrogens (tertiary/aromatic N) is 1. The van der Waals surface area contributed by atoms with E-state index < -0.39 is 6.10 Å². The Bertz CT molecular complexity index is 283. The van der Waals surface area contributed by atoms with Gasteiger partial charge in [-0.25, -0.2) is 4.98 Å². The molecule has 13 heavy (non-hydrogen) atoms. The molecule has 0 spiro atoms. The first kappa shape index (κ1) is 9.12. The van der Waals surface area contributed by atoms with Crippen LogP contribution in [0.15, 0.2) is 5.38 Å². The molecule has 0 aliphatic heterocycles. The van der Waals surface area contributed by atoms with Crippen molar-refractivity contribution >= 4 is 11.3 Å². The Labute approximate surface area is 81.8 Å². The number of aryl methyl sites for hydroxylation is 1. The van der Waals surface area contributed by atoms with Crippen LogP contribution in [0.5, 0.6) is 0 Å². The van der Waals surface area contributed by atoms with Crippen molar-refractivity contribution in [1.29, 1.82) is 0 Å². The van der Waals surface area contributed by atoms with E-state index in [1.54, 1.807) is 11.3 Å². The smallest absolute Gasteiger partial charge is 0.109 e. The molecule has 1 aromatic rings. The highest BCUT2D eigenvalue weighted by Gasteiger charge is 2.22. The predicted molar refractivity (Wildman–Crippen MR) is 52.8 cm³/mol. The Morgan fingerprint density at radius 3 is 3.08 bits per heavy atom. The minimum atomic E-state index is -0.439. The molecule has 1 heterocycles. The fraction of sp³-hybridized carbons (Fsp3) is 0.667. The number of hydrogen-bond donors (Lipinski definition) is 2. The quantitative estimate of drug-likeness (QED) is 0.765. The Kier molecular flexibility index (Phi) is 2.62. The molecule has 0 amide bonds. The highest BCUT2D eigenvalue weighted by Crippen LogP contribution is 2.20. The fourth-order valence-electron chi connectivity index (χ4n) is 1.20. The Morgan fingerprint density at radius 2 is 2.54 bits per heavy atom. The van der Waals surface area contributed by atoms with Gasteiger partial charge >= 0.3 is 0 Å². The van der Waals surface area contributed by atoms with Gasteiger partial charge in [0.1, 0.15) is 6.10 Å². The minimum absolute atomic E-state index is 0.439. The second-order valence-corrected chi connectivity index (χ2v) is 4.55. The molecule has 0 aromatic carbocycles. The topological polar surface area (TPSA) is 45.2 Å². The maximum absolute atomic E-state index is 9.69. The van der Waals surface area contributed by atoms with Gasteiger partial charge in [-0.2, -0.15) is 0 Å². The van der Waals surface area contributed by atoms with Gasteiger partial charge in [-0.05, 0) is 19.8 Å². The summed E-state index contributed by atoms with van der Waals surface area (Å²) in [7, 11) is 0. The summed E-state index contributed by atoms with van der Waals surface area (Å²) in [5, 5.41) is 15.9. The molecule has 72 valence electrons. The van der Waals surface area contributed by atoms with Crippen LogP contribution in [-0.2, 0) is 0 Å². The summed E-state index contributed by atoms with van der Waals surface area (Å²) in [6.07, 6.45) is 2.07. The van der Waals surface area contributed by atoms with Gasteiger partial charge in [0.2, 0.25) is 0 Å². The first-order chi connectivity index (χ1) is 6.25. The van der Waals surface area contributed by atoms with Gasteiger partial charge < -0.3 is 10.4 Å². The van der Waals surface area contributed by atoms with E-state index >= 15 is 0 Å². The van der Waals surface area contributed by atoms with Crippen molar-refractivity contribution in [2.24, 2.45) is 0 Å². The average Bonchev–Trinajstić information content (AvgIpc) is 2.84. The Morgan fingerprint density at radius 1 is 1.77 bits per heavy atom. The summed E-state index contributed by atoms with van der Waals surface area (Å²) in [4.78, 5) is 4.24. The monoisotopic (exact) mass is 198 g/mol. The van der Waals surface area contributed by atoms with E-state index in [1.165, 1.54) is 12.8 Å². The van der Waals surface area contributed by atoms with E-state index in [0.717, 1.165) is 10.7 Å². The Hall–Kier alpha value is -0.450. The zero-order valence-electron chi connectivity index (χ0n) is 7.66. The third kappa shape index (κ3) is 2.49. The van der Waals surface area contributed by atoms with Crippen molar-refractivity contribution in [2.45, 2.75) is 31.9 Å². The molecule has 1 aliphatic carbocycles. The molecule has 1 fully saturated rings. The summed E-state index contributed by atoms with van der Waals surface area (Å²) in [5.41, 5.74) is 0.802. The lowest BCUT2D eigenvalue weighted by Gasteiger charge is -2.07. The van der Waals surface area contributed by atoms with E-state index in [2.05, 4.69) is 10.3 Å². The van der Waals surface area contributed by atoms with Crippen LogP contribution in [0.3, 0.4) is 0 Å². The molecule has 3 nitrogen and oxygen atoms in total. The molecule has 1 atom stereocenters. The zero-order chi connectivity index (χ0) is 9.26. The van der Waals surface area contributed by atoms with Gasteiger partial charge in [0.25, 0.3) is 0 Å². The molecule has 4 heteroatoms. The molecular weight excluding hydrogens is 184 g/mol. The van der Waals surface area contributed by atoms with Gasteiger partial charge in [0.15, 0.2) is 0 Å². The van der Waals surface area contributed by atoms with Crippen molar-refractivity contribution < 1.29 is 5.11 Å². The zero-order valence-corrected chi connectivity index (χ0v) is 8.47. The molecule has 0 radical (unpaired) electrons. The van der Waals surface area contributed by atoms with E-state index in [0.29, 0.717) is 12.6 Å². The molecule has 2 N–H and O–H groups in total. The van der Waals surface area contributed by atoms with E-state index in [4.69, 9.17) is 0 Å². The third-order valence-electron chi connectivity index (χ3n) is 2.16. The van der Waals surface area contributed by atoms with Crippen LogP contribution in [0.1, 0.15) is 29.6 Å². The lowest BCUT2D eigenvalue weighted by Crippen LogP contribution is -2.23. The summed E-state index contributed by atoms with van der Waals surface area (Å²) in [6.45, 7) is 2.59. The van der Waals surface area contributed by atoms with Gasteiger partial charge in [-0.15, -0.1) is 11.3 Å². The standard InChI is InChI=1S/C9H14N2OS/c1-6-11-8(5-13-6)9(12)4-10-7-2-3-7/h5,7,9-10,12H,2-4H2,1H3. The van der Waals surface area contributed by atoms with Crippen molar-refractivity contribution in [2.75, 3.05) is 6.54 Å². The maximum Gasteiger partial charge on any atom is 0.109 e. The maximum atomic E-state index is 9.69. The van der Waals surface area contributed by atoms with Crippen molar-refractivity contribution in [1.82, 2.24) is 10.3 Å². The summed E-state index contributed by atoms with van der Waals surface area (Å²) >= 11 is 1.58. The molecular formula is C9H14N2OS. The van der Waals surface area contributed by atoms with Crippen LogP contribution in [-0.4, -0.2) is 22.7 Å². The number of hydrogen-bond acceptors (Lipinski definition) is 4. The van der Waals surface area contributed by atoms with Crippen LogP contribution < -0.4 is 5.32 Å². The number of aliphatic hydroxyl groups is 1. The number of rotatable bonds is 4. The van der Waals surface area contributed by atoms with E-state index in [9.17, 15) is 5.11 Å². The molecule has 1 aromatic heterocycles. The van der Waals surface area contributed by atoms with Crippen molar-refractivity contribution in [3.63, 3.8) is 0 Å². The van der Waals surface area contributed by atoms with Crippen molar-refractivity contribution in [3.05, 3.63) is 16.1 Å². The van der Waals surface area contributed by atoms with E-state index in [-0.39, 0.29) is 0 Å². The summed E-state index contributed by atoms with van der Waals surface area (Å²) in [6, 6.07) is 0.648. The number of aromatic nitrogens is 1. The number of aliphatic hydroxyl groups excluding tert-OH is 1. The number of thiazole rings is 1. The summed E-state index contributed by atoms with van der Waals surface area (Å²) < 4.78 is 0. The van der Waals surface area contributed by atoms with Gasteiger partial charge in [0.05, 0.1) is 10.7 Å². The molecule has 1 aliphatic rings. The fourth-order valence-corrected chi connectivity index (χ4v) is 1.86. The first-order valence-corrected chi connectivity index (χ1v) is 5.47. The second kappa shape index (κ2) is 3.74. The SMILES string of the molecule is Cc1nc(C(O)CNC2CC2)cs1. The predicted octanol–water partition coefficient (Wildman–Crippen LogP) is 1.24. The average molecular weight is 198 g/mol. The highest BCUT2D eigenvalue weighted by molar-refractivity contribution is 7.09. The molecule has 2 rings (SSSR count). The van der Waals surface area contributed by atoms with Gasteiger partial charge in [0, 0.05) is 18.0 Å².